The Labute approximate surface area is 116 Å². The van der Waals surface area contributed by atoms with Gasteiger partial charge in [0.05, 0.1) is 14.2 Å². The Morgan fingerprint density at radius 1 is 0.842 bits per heavy atom. The molecule has 0 heterocycles. The van der Waals surface area contributed by atoms with E-state index in [0.29, 0.717) is 24.7 Å². The highest BCUT2D eigenvalue weighted by atomic mass is 16.5. The van der Waals surface area contributed by atoms with Gasteiger partial charge in [-0.2, -0.15) is 0 Å². The van der Waals surface area contributed by atoms with Crippen molar-refractivity contribution in [1.82, 2.24) is 0 Å². The molecule has 0 saturated carbocycles. The summed E-state index contributed by atoms with van der Waals surface area (Å²) in [5.74, 6) is -0.0956. The summed E-state index contributed by atoms with van der Waals surface area (Å²) in [4.78, 5) is 24.3. The highest BCUT2D eigenvalue weighted by molar-refractivity contribution is 5.99. The van der Waals surface area contributed by atoms with Gasteiger partial charge < -0.3 is 9.47 Å². The van der Waals surface area contributed by atoms with Crippen molar-refractivity contribution in [2.45, 2.75) is 53.4 Å². The Balaban J connectivity index is 5.19. The van der Waals surface area contributed by atoms with E-state index in [9.17, 15) is 9.59 Å². The fraction of sp³-hybridized carbons (Fsp3) is 0.867. The van der Waals surface area contributed by atoms with Crippen LogP contribution in [0.2, 0.25) is 0 Å². The van der Waals surface area contributed by atoms with Gasteiger partial charge in [0.2, 0.25) is 0 Å². The summed E-state index contributed by atoms with van der Waals surface area (Å²) in [6, 6.07) is 0. The molecule has 0 saturated heterocycles. The number of carbonyl (C=O) groups is 2. The van der Waals surface area contributed by atoms with Crippen molar-refractivity contribution in [2.24, 2.45) is 17.3 Å². The van der Waals surface area contributed by atoms with Gasteiger partial charge in [0, 0.05) is 0 Å². The second-order valence-electron chi connectivity index (χ2n) is 5.93. The van der Waals surface area contributed by atoms with Crippen LogP contribution in [0.15, 0.2) is 0 Å². The van der Waals surface area contributed by atoms with Gasteiger partial charge >= 0.3 is 11.9 Å². The van der Waals surface area contributed by atoms with Crippen molar-refractivity contribution in [3.05, 3.63) is 0 Å². The third-order valence-corrected chi connectivity index (χ3v) is 3.45. The van der Waals surface area contributed by atoms with Crippen LogP contribution in [0, 0.1) is 17.3 Å². The Morgan fingerprint density at radius 3 is 1.37 bits per heavy atom. The van der Waals surface area contributed by atoms with Crippen molar-refractivity contribution in [3.63, 3.8) is 0 Å². The Morgan fingerprint density at radius 2 is 1.16 bits per heavy atom. The minimum absolute atomic E-state index is 0.424. The van der Waals surface area contributed by atoms with E-state index < -0.39 is 17.4 Å². The predicted molar refractivity (Wildman–Crippen MR) is 74.6 cm³/mol. The first-order valence-corrected chi connectivity index (χ1v) is 6.97. The maximum atomic E-state index is 12.1. The number of methoxy groups -OCH3 is 2. The lowest BCUT2D eigenvalue weighted by molar-refractivity contribution is -0.171. The lowest BCUT2D eigenvalue weighted by Crippen LogP contribution is -2.41. The van der Waals surface area contributed by atoms with Crippen LogP contribution in [0.1, 0.15) is 53.4 Å². The molecule has 4 nitrogen and oxygen atoms in total. The zero-order valence-electron chi connectivity index (χ0n) is 13.1. The minimum atomic E-state index is -1.14. The molecule has 4 heteroatoms. The molecule has 0 aliphatic heterocycles. The Bertz CT molecular complexity index is 265. The maximum absolute atomic E-state index is 12.1. The van der Waals surface area contributed by atoms with Crippen LogP contribution < -0.4 is 0 Å². The van der Waals surface area contributed by atoms with E-state index in [1.54, 1.807) is 0 Å². The number of hydrogen-bond donors (Lipinski definition) is 0. The first-order valence-electron chi connectivity index (χ1n) is 6.97. The molecule has 0 N–H and O–H groups in total. The van der Waals surface area contributed by atoms with E-state index >= 15 is 0 Å². The molecule has 19 heavy (non-hydrogen) atoms. The largest absolute Gasteiger partial charge is 0.468 e. The highest BCUT2D eigenvalue weighted by Gasteiger charge is 2.47. The number of esters is 2. The van der Waals surface area contributed by atoms with Crippen molar-refractivity contribution in [1.29, 1.82) is 0 Å². The molecular weight excluding hydrogens is 244 g/mol. The van der Waals surface area contributed by atoms with Crippen LogP contribution in [-0.4, -0.2) is 26.2 Å². The van der Waals surface area contributed by atoms with E-state index in [2.05, 4.69) is 27.7 Å². The topological polar surface area (TPSA) is 52.6 Å². The standard InChI is InChI=1S/C15H28O4/c1-11(2)7-9-15(13(16)18-5,14(17)19-6)10-8-12(3)4/h11-12H,7-10H2,1-6H3. The summed E-state index contributed by atoms with van der Waals surface area (Å²) in [6.07, 6.45) is 2.55. The number of hydrogen-bond acceptors (Lipinski definition) is 4. The van der Waals surface area contributed by atoms with Gasteiger partial charge in [0.1, 0.15) is 0 Å². The molecular formula is C15H28O4. The van der Waals surface area contributed by atoms with E-state index in [-0.39, 0.29) is 0 Å². The summed E-state index contributed by atoms with van der Waals surface area (Å²) in [5.41, 5.74) is -1.14. The molecule has 0 atom stereocenters. The van der Waals surface area contributed by atoms with E-state index in [4.69, 9.17) is 9.47 Å². The smallest absolute Gasteiger partial charge is 0.323 e. The van der Waals surface area contributed by atoms with E-state index in [1.165, 1.54) is 14.2 Å². The van der Waals surface area contributed by atoms with Crippen LogP contribution in [0.3, 0.4) is 0 Å². The molecule has 0 radical (unpaired) electrons. The number of carbonyl (C=O) groups excluding carboxylic acids is 2. The molecule has 0 aliphatic rings. The summed E-state index contributed by atoms with van der Waals surface area (Å²) in [7, 11) is 2.65. The second-order valence-corrected chi connectivity index (χ2v) is 5.93. The molecule has 0 aromatic carbocycles. The molecule has 0 fully saturated rings. The second kappa shape index (κ2) is 8.18. The lowest BCUT2D eigenvalue weighted by atomic mass is 9.76. The molecule has 0 aromatic heterocycles. The lowest BCUT2D eigenvalue weighted by Gasteiger charge is -2.29. The highest BCUT2D eigenvalue weighted by Crippen LogP contribution is 2.35. The average Bonchev–Trinajstić information content (AvgIpc) is 2.37. The summed E-state index contributed by atoms with van der Waals surface area (Å²) in [5, 5.41) is 0. The normalized spacial score (nSPS) is 11.8. The SMILES string of the molecule is COC(=O)C(CCC(C)C)(CCC(C)C)C(=O)OC. The summed E-state index contributed by atoms with van der Waals surface area (Å²) < 4.78 is 9.73. The van der Waals surface area contributed by atoms with Crippen LogP contribution in [0.5, 0.6) is 0 Å². The van der Waals surface area contributed by atoms with Gasteiger partial charge in [-0.05, 0) is 37.5 Å². The first kappa shape index (κ1) is 17.9. The van der Waals surface area contributed by atoms with Crippen LogP contribution in [-0.2, 0) is 19.1 Å². The number of ether oxygens (including phenoxy) is 2. The van der Waals surface area contributed by atoms with Crippen LogP contribution >= 0.6 is 0 Å². The van der Waals surface area contributed by atoms with Gasteiger partial charge in [0.25, 0.3) is 0 Å². The van der Waals surface area contributed by atoms with Crippen molar-refractivity contribution in [2.75, 3.05) is 14.2 Å². The summed E-state index contributed by atoms with van der Waals surface area (Å²) >= 11 is 0. The Kier molecular flexibility index (Phi) is 7.72. The van der Waals surface area contributed by atoms with Gasteiger partial charge in [-0.1, -0.05) is 27.7 Å². The van der Waals surface area contributed by atoms with Gasteiger partial charge in [0.15, 0.2) is 5.41 Å². The average molecular weight is 272 g/mol. The predicted octanol–water partition coefficient (Wildman–Crippen LogP) is 3.19. The van der Waals surface area contributed by atoms with Gasteiger partial charge in [-0.3, -0.25) is 9.59 Å². The fourth-order valence-electron chi connectivity index (χ4n) is 2.08. The molecule has 112 valence electrons. The van der Waals surface area contributed by atoms with Gasteiger partial charge in [-0.15, -0.1) is 0 Å². The monoisotopic (exact) mass is 272 g/mol. The fourth-order valence-corrected chi connectivity index (χ4v) is 2.08. The van der Waals surface area contributed by atoms with Crippen molar-refractivity contribution >= 4 is 11.9 Å². The van der Waals surface area contributed by atoms with Crippen LogP contribution in [0.4, 0.5) is 0 Å². The quantitative estimate of drug-likeness (QED) is 0.503. The van der Waals surface area contributed by atoms with E-state index in [0.717, 1.165) is 12.8 Å². The molecule has 0 aliphatic carbocycles. The van der Waals surface area contributed by atoms with E-state index in [1.807, 2.05) is 0 Å². The van der Waals surface area contributed by atoms with Gasteiger partial charge in [-0.25, -0.2) is 0 Å². The van der Waals surface area contributed by atoms with Crippen LogP contribution in [0.25, 0.3) is 0 Å². The molecule has 0 spiro atoms. The molecule has 0 bridgehead atoms. The number of rotatable bonds is 8. The van der Waals surface area contributed by atoms with Crippen molar-refractivity contribution < 1.29 is 19.1 Å². The zero-order chi connectivity index (χ0) is 15.1. The first-order chi connectivity index (χ1) is 8.80. The van der Waals surface area contributed by atoms with Crippen molar-refractivity contribution in [3.8, 4) is 0 Å². The third-order valence-electron chi connectivity index (χ3n) is 3.45. The molecule has 0 amide bonds. The summed E-state index contributed by atoms with van der Waals surface area (Å²) in [6.45, 7) is 8.28. The third kappa shape index (κ3) is 5.21. The zero-order valence-corrected chi connectivity index (χ0v) is 13.1. The molecule has 0 aromatic rings. The minimum Gasteiger partial charge on any atom is -0.468 e. The maximum Gasteiger partial charge on any atom is 0.323 e. The molecule has 0 unspecified atom stereocenters. The molecule has 0 rings (SSSR count). The Hall–Kier alpha value is -1.06.